The molecule has 4 rings (SSSR count). The maximum atomic E-state index is 13.1. The standard InChI is InChI=1S/C23H24N4O3/c1-15(22-25-18-9-5-7-11-20(18)27(22)12-13-30-3)24-23(29)17-14-21(28)26(2)19-10-6-4-8-16(17)19/h4-11,14-15H,12-13H2,1-3H3,(H,24,29). The highest BCUT2D eigenvalue weighted by Gasteiger charge is 2.20. The van der Waals surface area contributed by atoms with E-state index in [1.165, 1.54) is 6.07 Å². The van der Waals surface area contributed by atoms with Gasteiger partial charge in [0.1, 0.15) is 5.82 Å². The number of aryl methyl sites for hydroxylation is 1. The molecule has 2 heterocycles. The number of hydrogen-bond donors (Lipinski definition) is 1. The molecule has 1 N–H and O–H groups in total. The molecule has 0 radical (unpaired) electrons. The predicted molar refractivity (Wildman–Crippen MR) is 117 cm³/mol. The van der Waals surface area contributed by atoms with Crippen molar-refractivity contribution in [3.8, 4) is 0 Å². The van der Waals surface area contributed by atoms with Crippen molar-refractivity contribution < 1.29 is 9.53 Å². The number of rotatable bonds is 6. The van der Waals surface area contributed by atoms with Gasteiger partial charge in [-0.3, -0.25) is 9.59 Å². The van der Waals surface area contributed by atoms with Gasteiger partial charge in [-0.15, -0.1) is 0 Å². The van der Waals surface area contributed by atoms with Crippen LogP contribution in [0.2, 0.25) is 0 Å². The number of methoxy groups -OCH3 is 1. The van der Waals surface area contributed by atoms with E-state index in [0.29, 0.717) is 18.7 Å². The predicted octanol–water partition coefficient (Wildman–Crippen LogP) is 3.03. The number of carbonyl (C=O) groups is 1. The number of aromatic nitrogens is 3. The second-order valence-corrected chi connectivity index (χ2v) is 7.27. The van der Waals surface area contributed by atoms with Gasteiger partial charge in [-0.05, 0) is 25.1 Å². The normalized spacial score (nSPS) is 12.4. The number of fused-ring (bicyclic) bond motifs is 2. The summed E-state index contributed by atoms with van der Waals surface area (Å²) in [6.07, 6.45) is 0. The van der Waals surface area contributed by atoms with Gasteiger partial charge >= 0.3 is 0 Å². The lowest BCUT2D eigenvalue weighted by Gasteiger charge is -2.17. The van der Waals surface area contributed by atoms with Crippen molar-refractivity contribution in [2.45, 2.75) is 19.5 Å². The van der Waals surface area contributed by atoms with Crippen molar-refractivity contribution in [3.63, 3.8) is 0 Å². The molecule has 0 spiro atoms. The summed E-state index contributed by atoms with van der Waals surface area (Å²) in [5, 5.41) is 3.75. The summed E-state index contributed by atoms with van der Waals surface area (Å²) < 4.78 is 8.85. The highest BCUT2D eigenvalue weighted by Crippen LogP contribution is 2.22. The van der Waals surface area contributed by atoms with E-state index in [1.54, 1.807) is 18.7 Å². The molecule has 0 saturated heterocycles. The Bertz CT molecular complexity index is 1290. The molecule has 7 heteroatoms. The van der Waals surface area contributed by atoms with Gasteiger partial charge in [0, 0.05) is 32.2 Å². The minimum absolute atomic E-state index is 0.223. The molecule has 0 bridgehead atoms. The smallest absolute Gasteiger partial charge is 0.252 e. The first-order valence-corrected chi connectivity index (χ1v) is 9.85. The first-order valence-electron chi connectivity index (χ1n) is 9.85. The Balaban J connectivity index is 1.71. The molecule has 0 aliphatic heterocycles. The van der Waals surface area contributed by atoms with Crippen LogP contribution in [0.1, 0.15) is 29.1 Å². The Kier molecular flexibility index (Phi) is 5.37. The summed E-state index contributed by atoms with van der Waals surface area (Å²) in [6, 6.07) is 16.3. The molecule has 0 aliphatic carbocycles. The van der Waals surface area contributed by atoms with E-state index in [9.17, 15) is 9.59 Å². The number of carbonyl (C=O) groups excluding carboxylic acids is 1. The number of benzene rings is 2. The Morgan fingerprint density at radius 2 is 1.83 bits per heavy atom. The van der Waals surface area contributed by atoms with Crippen LogP contribution in [0.25, 0.3) is 21.9 Å². The first-order chi connectivity index (χ1) is 14.5. The quantitative estimate of drug-likeness (QED) is 0.536. The van der Waals surface area contributed by atoms with Crippen molar-refractivity contribution in [3.05, 3.63) is 76.3 Å². The zero-order valence-electron chi connectivity index (χ0n) is 17.3. The SMILES string of the molecule is COCCn1c(C(C)NC(=O)c2cc(=O)n(C)c3ccccc23)nc2ccccc21. The minimum atomic E-state index is -0.357. The van der Waals surface area contributed by atoms with Gasteiger partial charge in [0.05, 0.1) is 34.8 Å². The Morgan fingerprint density at radius 1 is 1.13 bits per heavy atom. The van der Waals surface area contributed by atoms with Gasteiger partial charge in [0.15, 0.2) is 0 Å². The monoisotopic (exact) mass is 404 g/mol. The lowest BCUT2D eigenvalue weighted by atomic mass is 10.1. The van der Waals surface area contributed by atoms with E-state index in [1.807, 2.05) is 55.5 Å². The highest BCUT2D eigenvalue weighted by molar-refractivity contribution is 6.06. The molecule has 7 nitrogen and oxygen atoms in total. The van der Waals surface area contributed by atoms with Crippen LogP contribution in [0.3, 0.4) is 0 Å². The van der Waals surface area contributed by atoms with Crippen LogP contribution in [0.4, 0.5) is 0 Å². The van der Waals surface area contributed by atoms with Gasteiger partial charge in [0.2, 0.25) is 0 Å². The summed E-state index contributed by atoms with van der Waals surface area (Å²) >= 11 is 0. The van der Waals surface area contributed by atoms with Gasteiger partial charge in [0.25, 0.3) is 11.5 Å². The molecule has 4 aromatic rings. The number of hydrogen-bond acceptors (Lipinski definition) is 4. The minimum Gasteiger partial charge on any atom is -0.383 e. The fourth-order valence-corrected chi connectivity index (χ4v) is 3.78. The average Bonchev–Trinajstić information content (AvgIpc) is 3.13. The lowest BCUT2D eigenvalue weighted by Crippen LogP contribution is -2.31. The molecule has 1 amide bonds. The topological polar surface area (TPSA) is 78.1 Å². The molecule has 0 aliphatic rings. The number of imidazole rings is 1. The third-order valence-electron chi connectivity index (χ3n) is 5.34. The van der Waals surface area contributed by atoms with Crippen LogP contribution in [-0.2, 0) is 18.3 Å². The Labute approximate surface area is 173 Å². The Morgan fingerprint density at radius 3 is 2.60 bits per heavy atom. The molecule has 30 heavy (non-hydrogen) atoms. The number of nitrogens with zero attached hydrogens (tertiary/aromatic N) is 3. The molecule has 2 aromatic heterocycles. The average molecular weight is 404 g/mol. The zero-order valence-corrected chi connectivity index (χ0v) is 17.3. The summed E-state index contributed by atoms with van der Waals surface area (Å²) in [4.78, 5) is 30.2. The molecule has 2 aromatic carbocycles. The van der Waals surface area contributed by atoms with E-state index in [2.05, 4.69) is 9.88 Å². The van der Waals surface area contributed by atoms with Crippen molar-refractivity contribution >= 4 is 27.8 Å². The first kappa shape index (κ1) is 19.8. The number of pyridine rings is 1. The van der Waals surface area contributed by atoms with Gasteiger partial charge in [-0.2, -0.15) is 0 Å². The van der Waals surface area contributed by atoms with Crippen molar-refractivity contribution in [2.75, 3.05) is 13.7 Å². The number of amides is 1. The largest absolute Gasteiger partial charge is 0.383 e. The van der Waals surface area contributed by atoms with Crippen LogP contribution < -0.4 is 10.9 Å². The van der Waals surface area contributed by atoms with Gasteiger partial charge in [-0.1, -0.05) is 30.3 Å². The van der Waals surface area contributed by atoms with E-state index >= 15 is 0 Å². The molecule has 1 unspecified atom stereocenters. The molecular weight excluding hydrogens is 380 g/mol. The molecule has 0 saturated carbocycles. The molecule has 1 atom stereocenters. The second kappa shape index (κ2) is 8.12. The van der Waals surface area contributed by atoms with Crippen LogP contribution >= 0.6 is 0 Å². The third-order valence-corrected chi connectivity index (χ3v) is 5.34. The number of ether oxygens (including phenoxy) is 1. The second-order valence-electron chi connectivity index (χ2n) is 7.27. The summed E-state index contributed by atoms with van der Waals surface area (Å²) in [6.45, 7) is 3.06. The fourth-order valence-electron chi connectivity index (χ4n) is 3.78. The summed E-state index contributed by atoms with van der Waals surface area (Å²) in [5.41, 5.74) is 2.71. The van der Waals surface area contributed by atoms with Gasteiger partial charge in [-0.25, -0.2) is 4.98 Å². The van der Waals surface area contributed by atoms with Crippen molar-refractivity contribution in [2.24, 2.45) is 7.05 Å². The van der Waals surface area contributed by atoms with E-state index in [4.69, 9.17) is 9.72 Å². The maximum Gasteiger partial charge on any atom is 0.252 e. The summed E-state index contributed by atoms with van der Waals surface area (Å²) in [5.74, 6) is 0.441. The van der Waals surface area contributed by atoms with Gasteiger partial charge < -0.3 is 19.2 Å². The van der Waals surface area contributed by atoms with Crippen LogP contribution in [-0.4, -0.2) is 33.7 Å². The zero-order chi connectivity index (χ0) is 21.3. The van der Waals surface area contributed by atoms with Crippen LogP contribution in [0.5, 0.6) is 0 Å². The third kappa shape index (κ3) is 3.48. The van der Waals surface area contributed by atoms with Crippen molar-refractivity contribution in [1.82, 2.24) is 19.4 Å². The number of para-hydroxylation sites is 3. The van der Waals surface area contributed by atoms with Crippen LogP contribution in [0.15, 0.2) is 59.4 Å². The van der Waals surface area contributed by atoms with Crippen LogP contribution in [0, 0.1) is 0 Å². The molecular formula is C23H24N4O3. The Hall–Kier alpha value is -3.45. The summed E-state index contributed by atoms with van der Waals surface area (Å²) in [7, 11) is 3.36. The van der Waals surface area contributed by atoms with E-state index in [-0.39, 0.29) is 17.5 Å². The van der Waals surface area contributed by atoms with Crippen molar-refractivity contribution in [1.29, 1.82) is 0 Å². The lowest BCUT2D eigenvalue weighted by molar-refractivity contribution is 0.0938. The maximum absolute atomic E-state index is 13.1. The van der Waals surface area contributed by atoms with E-state index in [0.717, 1.165) is 27.8 Å². The van der Waals surface area contributed by atoms with E-state index < -0.39 is 0 Å². The molecule has 154 valence electrons. The number of nitrogens with one attached hydrogen (secondary N) is 1. The fraction of sp³-hybridized carbons (Fsp3) is 0.261. The highest BCUT2D eigenvalue weighted by atomic mass is 16.5. The molecule has 0 fully saturated rings.